The molecule has 0 aliphatic carbocycles. The molecule has 1 aromatic carbocycles. The Morgan fingerprint density at radius 2 is 2.00 bits per heavy atom. The fraction of sp³-hybridized carbons (Fsp3) is 0.250. The lowest BCUT2D eigenvalue weighted by molar-refractivity contribution is -0.145. The van der Waals surface area contributed by atoms with Gasteiger partial charge in [0.2, 0.25) is 0 Å². The van der Waals surface area contributed by atoms with Gasteiger partial charge >= 0.3 is 5.97 Å². The van der Waals surface area contributed by atoms with E-state index in [0.29, 0.717) is 5.16 Å². The van der Waals surface area contributed by atoms with Crippen LogP contribution in [0.3, 0.4) is 0 Å². The predicted molar refractivity (Wildman–Crippen MR) is 87.5 cm³/mol. The Morgan fingerprint density at radius 1 is 1.17 bits per heavy atom. The Morgan fingerprint density at radius 3 is 2.83 bits per heavy atom. The van der Waals surface area contributed by atoms with Crippen LogP contribution in [0.1, 0.15) is 13.3 Å². The smallest absolute Gasteiger partial charge is 0.313 e. The average molecular weight is 329 g/mol. The molecule has 2 aromatic heterocycles. The van der Waals surface area contributed by atoms with E-state index in [9.17, 15) is 9.59 Å². The highest BCUT2D eigenvalue weighted by Gasteiger charge is 2.14. The summed E-state index contributed by atoms with van der Waals surface area (Å²) in [6.07, 6.45) is -0.210. The number of hydrogen-bond donors (Lipinski definition) is 0. The van der Waals surface area contributed by atoms with Crippen molar-refractivity contribution >= 4 is 40.1 Å². The molecule has 0 spiro atoms. The predicted octanol–water partition coefficient (Wildman–Crippen LogP) is 2.50. The fourth-order valence-corrected chi connectivity index (χ4v) is 3.09. The number of Topliss-reactive ketones (excluding diaryl/α,β-unsaturated/α-hetero) is 1. The van der Waals surface area contributed by atoms with Crippen molar-refractivity contribution in [1.29, 1.82) is 0 Å². The number of aromatic nitrogens is 3. The molecule has 0 N–H and O–H groups in total. The summed E-state index contributed by atoms with van der Waals surface area (Å²) in [7, 11) is 0. The second-order valence-electron chi connectivity index (χ2n) is 4.88. The maximum absolute atomic E-state index is 11.8. The summed E-state index contributed by atoms with van der Waals surface area (Å²) >= 11 is 1.27. The molecule has 3 aromatic rings. The van der Waals surface area contributed by atoms with Crippen molar-refractivity contribution in [3.05, 3.63) is 36.4 Å². The van der Waals surface area contributed by atoms with Crippen LogP contribution in [-0.2, 0) is 14.3 Å². The van der Waals surface area contributed by atoms with Crippen molar-refractivity contribution in [2.45, 2.75) is 18.5 Å². The molecule has 23 heavy (non-hydrogen) atoms. The van der Waals surface area contributed by atoms with Gasteiger partial charge in [0.05, 0.1) is 17.9 Å². The first kappa shape index (κ1) is 15.5. The van der Waals surface area contributed by atoms with Gasteiger partial charge in [-0.05, 0) is 30.5 Å². The van der Waals surface area contributed by atoms with Crippen molar-refractivity contribution in [1.82, 2.24) is 14.6 Å². The van der Waals surface area contributed by atoms with Crippen LogP contribution in [0.4, 0.5) is 0 Å². The third-order valence-electron chi connectivity index (χ3n) is 3.26. The van der Waals surface area contributed by atoms with Crippen LogP contribution in [-0.4, -0.2) is 38.7 Å². The number of nitrogens with zero attached hydrogens (tertiary/aromatic N) is 3. The van der Waals surface area contributed by atoms with Gasteiger partial charge in [-0.25, -0.2) is 0 Å². The standard InChI is InChI=1S/C16H15N3O3S/c1-2-22-15(21)9-12(20)10-23-16-18-17-14-8-7-11-5-3-4-6-13(11)19(14)16/h3-8H,2,9-10H2,1H3. The lowest BCUT2D eigenvalue weighted by Gasteiger charge is -2.04. The third-order valence-corrected chi connectivity index (χ3v) is 4.25. The molecule has 0 bridgehead atoms. The number of hydrogen-bond acceptors (Lipinski definition) is 6. The van der Waals surface area contributed by atoms with E-state index in [1.54, 1.807) is 6.92 Å². The number of rotatable bonds is 6. The Kier molecular flexibility index (Phi) is 4.57. The number of ether oxygens (including phenoxy) is 1. The molecule has 0 atom stereocenters. The first-order valence-electron chi connectivity index (χ1n) is 7.22. The Labute approximate surface area is 136 Å². The van der Waals surface area contributed by atoms with E-state index in [2.05, 4.69) is 10.2 Å². The van der Waals surface area contributed by atoms with Gasteiger partial charge in [-0.15, -0.1) is 10.2 Å². The second kappa shape index (κ2) is 6.78. The molecular weight excluding hydrogens is 314 g/mol. The van der Waals surface area contributed by atoms with Crippen LogP contribution in [0.25, 0.3) is 16.6 Å². The largest absolute Gasteiger partial charge is 0.466 e. The number of pyridine rings is 1. The first-order valence-corrected chi connectivity index (χ1v) is 8.20. The summed E-state index contributed by atoms with van der Waals surface area (Å²) in [5.74, 6) is -0.525. The van der Waals surface area contributed by atoms with Crippen LogP contribution in [0.15, 0.2) is 41.6 Å². The normalized spacial score (nSPS) is 11.0. The lowest BCUT2D eigenvalue weighted by Crippen LogP contribution is -2.12. The number of carbonyl (C=O) groups excluding carboxylic acids is 2. The van der Waals surface area contributed by atoms with Gasteiger partial charge in [0, 0.05) is 0 Å². The molecule has 7 heteroatoms. The van der Waals surface area contributed by atoms with E-state index < -0.39 is 5.97 Å². The van der Waals surface area contributed by atoms with Crippen LogP contribution in [0.2, 0.25) is 0 Å². The molecule has 3 rings (SSSR count). The van der Waals surface area contributed by atoms with E-state index >= 15 is 0 Å². The van der Waals surface area contributed by atoms with Crippen molar-refractivity contribution in [2.75, 3.05) is 12.4 Å². The fourth-order valence-electron chi connectivity index (χ4n) is 2.27. The molecule has 0 saturated heterocycles. The highest BCUT2D eigenvalue weighted by Crippen LogP contribution is 2.23. The number of benzene rings is 1. The SMILES string of the molecule is CCOC(=O)CC(=O)CSc1nnc2ccc3ccccc3n12. The van der Waals surface area contributed by atoms with Gasteiger partial charge in [-0.1, -0.05) is 30.0 Å². The number of carbonyl (C=O) groups is 2. The maximum atomic E-state index is 11.8. The molecule has 118 valence electrons. The van der Waals surface area contributed by atoms with E-state index in [0.717, 1.165) is 16.6 Å². The molecule has 0 aliphatic rings. The quantitative estimate of drug-likeness (QED) is 0.393. The topological polar surface area (TPSA) is 73.6 Å². The summed E-state index contributed by atoms with van der Waals surface area (Å²) in [6.45, 7) is 1.99. The summed E-state index contributed by atoms with van der Waals surface area (Å²) in [5.41, 5.74) is 1.71. The Balaban J connectivity index is 1.80. The minimum atomic E-state index is -0.491. The van der Waals surface area contributed by atoms with Crippen LogP contribution in [0.5, 0.6) is 0 Å². The van der Waals surface area contributed by atoms with Gasteiger partial charge in [-0.2, -0.15) is 0 Å². The number of fused-ring (bicyclic) bond motifs is 3. The maximum Gasteiger partial charge on any atom is 0.313 e. The first-order chi connectivity index (χ1) is 11.2. The zero-order chi connectivity index (χ0) is 16.2. The van der Waals surface area contributed by atoms with Crippen molar-refractivity contribution in [3.63, 3.8) is 0 Å². The van der Waals surface area contributed by atoms with Crippen molar-refractivity contribution in [2.24, 2.45) is 0 Å². The number of esters is 1. The van der Waals surface area contributed by atoms with Crippen molar-refractivity contribution in [3.8, 4) is 0 Å². The third kappa shape index (κ3) is 3.34. The molecule has 2 heterocycles. The molecule has 6 nitrogen and oxygen atoms in total. The molecular formula is C16H15N3O3S. The number of para-hydroxylation sites is 1. The molecule has 0 saturated carbocycles. The summed E-state index contributed by atoms with van der Waals surface area (Å²) in [4.78, 5) is 23.2. The van der Waals surface area contributed by atoms with E-state index in [4.69, 9.17) is 4.74 Å². The second-order valence-corrected chi connectivity index (χ2v) is 5.82. The zero-order valence-corrected chi connectivity index (χ0v) is 13.4. The van der Waals surface area contributed by atoms with E-state index in [-0.39, 0.29) is 24.6 Å². The highest BCUT2D eigenvalue weighted by molar-refractivity contribution is 7.99. The van der Waals surface area contributed by atoms with Gasteiger partial charge in [0.1, 0.15) is 6.42 Å². The number of ketones is 1. The van der Waals surface area contributed by atoms with Crippen LogP contribution >= 0.6 is 11.8 Å². The molecule has 0 fully saturated rings. The van der Waals surface area contributed by atoms with Crippen LogP contribution < -0.4 is 0 Å². The molecule has 0 aliphatic heterocycles. The summed E-state index contributed by atoms with van der Waals surface area (Å²) in [6, 6.07) is 11.8. The van der Waals surface area contributed by atoms with Crippen LogP contribution in [0, 0.1) is 0 Å². The lowest BCUT2D eigenvalue weighted by atomic mass is 10.2. The minimum Gasteiger partial charge on any atom is -0.466 e. The average Bonchev–Trinajstić information content (AvgIpc) is 2.96. The number of thioether (sulfide) groups is 1. The highest BCUT2D eigenvalue weighted by atomic mass is 32.2. The Bertz CT molecular complexity index is 875. The summed E-state index contributed by atoms with van der Waals surface area (Å²) in [5, 5.41) is 9.97. The zero-order valence-electron chi connectivity index (χ0n) is 12.6. The van der Waals surface area contributed by atoms with Gasteiger partial charge in [-0.3, -0.25) is 14.0 Å². The summed E-state index contributed by atoms with van der Waals surface area (Å²) < 4.78 is 6.69. The van der Waals surface area contributed by atoms with E-state index in [1.165, 1.54) is 11.8 Å². The van der Waals surface area contributed by atoms with Gasteiger partial charge in [0.25, 0.3) is 0 Å². The molecule has 0 unspecified atom stereocenters. The van der Waals surface area contributed by atoms with Gasteiger partial charge < -0.3 is 4.74 Å². The minimum absolute atomic E-state index is 0.156. The Hall–Kier alpha value is -2.41. The van der Waals surface area contributed by atoms with Crippen molar-refractivity contribution < 1.29 is 14.3 Å². The molecule has 0 radical (unpaired) electrons. The molecule has 0 amide bonds. The monoisotopic (exact) mass is 329 g/mol. The van der Waals surface area contributed by atoms with Gasteiger partial charge in [0.15, 0.2) is 16.6 Å². The van der Waals surface area contributed by atoms with E-state index in [1.807, 2.05) is 40.8 Å².